The smallest absolute Gasteiger partial charge is 0.227 e. The van der Waals surface area contributed by atoms with Crippen LogP contribution in [0.5, 0.6) is 0 Å². The van der Waals surface area contributed by atoms with E-state index >= 15 is 0 Å². The van der Waals surface area contributed by atoms with E-state index < -0.39 is 0 Å². The van der Waals surface area contributed by atoms with Gasteiger partial charge in [0.1, 0.15) is 5.76 Å². The highest BCUT2D eigenvalue weighted by atomic mass is 16.5. The lowest BCUT2D eigenvalue weighted by atomic mass is 9.98. The second kappa shape index (κ2) is 8.64. The molecule has 2 atom stereocenters. The lowest BCUT2D eigenvalue weighted by Gasteiger charge is -2.16. The molecule has 0 aliphatic carbocycles. The van der Waals surface area contributed by atoms with Gasteiger partial charge >= 0.3 is 0 Å². The molecule has 0 bridgehead atoms. The zero-order valence-electron chi connectivity index (χ0n) is 14.8. The van der Waals surface area contributed by atoms with Crippen LogP contribution >= 0.6 is 0 Å². The van der Waals surface area contributed by atoms with E-state index in [0.717, 1.165) is 16.8 Å². The van der Waals surface area contributed by atoms with Gasteiger partial charge in [0.2, 0.25) is 5.91 Å². The Bertz CT molecular complexity index is 632. The summed E-state index contributed by atoms with van der Waals surface area (Å²) < 4.78 is 10.8. The minimum atomic E-state index is -0.270. The van der Waals surface area contributed by atoms with Crippen LogP contribution in [0.1, 0.15) is 42.3 Å². The predicted octanol–water partition coefficient (Wildman–Crippen LogP) is 3.36. The van der Waals surface area contributed by atoms with Crippen LogP contribution in [0.3, 0.4) is 0 Å². The van der Waals surface area contributed by atoms with E-state index in [9.17, 15) is 4.79 Å². The summed E-state index contributed by atoms with van der Waals surface area (Å²) in [5.41, 5.74) is 2.80. The normalized spacial score (nSPS) is 13.5. The van der Waals surface area contributed by atoms with Crippen molar-refractivity contribution in [2.45, 2.75) is 40.2 Å². The van der Waals surface area contributed by atoms with Gasteiger partial charge in [0, 0.05) is 12.1 Å². The number of rotatable bonds is 8. The Morgan fingerprint density at radius 2 is 1.96 bits per heavy atom. The van der Waals surface area contributed by atoms with Gasteiger partial charge in [-0.3, -0.25) is 4.79 Å². The first kappa shape index (κ1) is 18.2. The molecule has 1 N–H and O–H groups in total. The summed E-state index contributed by atoms with van der Waals surface area (Å²) in [5.74, 6) is 0.664. The van der Waals surface area contributed by atoms with Gasteiger partial charge in [-0.1, -0.05) is 42.4 Å². The lowest BCUT2D eigenvalue weighted by Crippen LogP contribution is -2.33. The monoisotopic (exact) mass is 330 g/mol. The highest BCUT2D eigenvalue weighted by molar-refractivity contribution is 5.83. The maximum Gasteiger partial charge on any atom is 0.227 e. The lowest BCUT2D eigenvalue weighted by molar-refractivity contribution is -0.122. The van der Waals surface area contributed by atoms with Crippen molar-refractivity contribution in [2.75, 3.05) is 13.2 Å². The van der Waals surface area contributed by atoms with Crippen LogP contribution < -0.4 is 5.32 Å². The second-order valence-corrected chi connectivity index (χ2v) is 6.31. The van der Waals surface area contributed by atoms with Gasteiger partial charge < -0.3 is 14.6 Å². The molecule has 0 saturated carbocycles. The number of carbonyl (C=O) groups excluding carboxylic acids is 1. The first-order valence-corrected chi connectivity index (χ1v) is 8.31. The van der Waals surface area contributed by atoms with E-state index in [2.05, 4.69) is 17.4 Å². The summed E-state index contributed by atoms with van der Waals surface area (Å²) in [5, 5.41) is 6.89. The van der Waals surface area contributed by atoms with Crippen LogP contribution in [0.15, 0.2) is 34.9 Å². The van der Waals surface area contributed by atoms with E-state index in [1.807, 2.05) is 51.1 Å². The van der Waals surface area contributed by atoms with Gasteiger partial charge in [0.25, 0.3) is 0 Å². The number of nitrogens with one attached hydrogen (secondary N) is 1. The van der Waals surface area contributed by atoms with E-state index in [1.165, 1.54) is 0 Å². The zero-order chi connectivity index (χ0) is 17.5. The SMILES string of the molecule is Cc1noc(C)c1[C@H](C)C(=O)NC[C@@H](C)COCc1ccccc1. The molecule has 0 radical (unpaired) electrons. The van der Waals surface area contributed by atoms with Crippen molar-refractivity contribution in [1.29, 1.82) is 0 Å². The highest BCUT2D eigenvalue weighted by Crippen LogP contribution is 2.23. The van der Waals surface area contributed by atoms with E-state index in [0.29, 0.717) is 25.5 Å². The third-order valence-electron chi connectivity index (χ3n) is 4.05. The van der Waals surface area contributed by atoms with Crippen molar-refractivity contribution >= 4 is 5.91 Å². The minimum absolute atomic E-state index is 0.0145. The summed E-state index contributed by atoms with van der Waals surface area (Å²) in [4.78, 5) is 12.3. The number of nitrogens with zero attached hydrogens (tertiary/aromatic N) is 1. The zero-order valence-corrected chi connectivity index (χ0v) is 14.8. The van der Waals surface area contributed by atoms with Crippen molar-refractivity contribution in [3.8, 4) is 0 Å². The summed E-state index contributed by atoms with van der Waals surface area (Å²) in [6.07, 6.45) is 0. The van der Waals surface area contributed by atoms with Crippen LogP contribution in [0.25, 0.3) is 0 Å². The Morgan fingerprint density at radius 1 is 1.25 bits per heavy atom. The number of hydrogen-bond donors (Lipinski definition) is 1. The number of benzene rings is 1. The Hall–Kier alpha value is -2.14. The van der Waals surface area contributed by atoms with Crippen molar-refractivity contribution < 1.29 is 14.1 Å². The number of hydrogen-bond acceptors (Lipinski definition) is 4. The number of aryl methyl sites for hydroxylation is 2. The molecule has 2 rings (SSSR count). The number of carbonyl (C=O) groups is 1. The largest absolute Gasteiger partial charge is 0.376 e. The van der Waals surface area contributed by atoms with E-state index in [4.69, 9.17) is 9.26 Å². The quantitative estimate of drug-likeness (QED) is 0.806. The average molecular weight is 330 g/mol. The summed E-state index contributed by atoms with van der Waals surface area (Å²) in [7, 11) is 0. The summed E-state index contributed by atoms with van der Waals surface area (Å²) in [6, 6.07) is 10.1. The van der Waals surface area contributed by atoms with Gasteiger partial charge in [0.05, 0.1) is 24.8 Å². The molecule has 24 heavy (non-hydrogen) atoms. The molecule has 0 saturated heterocycles. The van der Waals surface area contributed by atoms with Crippen molar-refractivity contribution in [3.05, 3.63) is 52.9 Å². The van der Waals surface area contributed by atoms with Crippen LogP contribution in [0.4, 0.5) is 0 Å². The Morgan fingerprint density at radius 3 is 2.58 bits per heavy atom. The van der Waals surface area contributed by atoms with Crippen LogP contribution in [-0.2, 0) is 16.1 Å². The molecule has 5 heteroatoms. The molecular formula is C19H26N2O3. The number of amides is 1. The third kappa shape index (κ3) is 4.93. The van der Waals surface area contributed by atoms with E-state index in [1.54, 1.807) is 0 Å². The Labute approximate surface area is 143 Å². The van der Waals surface area contributed by atoms with Crippen molar-refractivity contribution in [3.63, 3.8) is 0 Å². The molecular weight excluding hydrogens is 304 g/mol. The molecule has 1 aromatic carbocycles. The minimum Gasteiger partial charge on any atom is -0.376 e. The predicted molar refractivity (Wildman–Crippen MR) is 92.7 cm³/mol. The van der Waals surface area contributed by atoms with Gasteiger partial charge in [-0.2, -0.15) is 0 Å². The second-order valence-electron chi connectivity index (χ2n) is 6.31. The first-order chi connectivity index (χ1) is 11.5. The van der Waals surface area contributed by atoms with Crippen LogP contribution in [0.2, 0.25) is 0 Å². The van der Waals surface area contributed by atoms with Crippen LogP contribution in [0, 0.1) is 19.8 Å². The molecule has 0 unspecified atom stereocenters. The molecule has 0 aliphatic rings. The van der Waals surface area contributed by atoms with Crippen molar-refractivity contribution in [2.24, 2.45) is 5.92 Å². The highest BCUT2D eigenvalue weighted by Gasteiger charge is 2.22. The fraction of sp³-hybridized carbons (Fsp3) is 0.474. The summed E-state index contributed by atoms with van der Waals surface area (Å²) in [6.45, 7) is 9.41. The van der Waals surface area contributed by atoms with Gasteiger partial charge in [-0.15, -0.1) is 0 Å². The maximum atomic E-state index is 12.3. The Kier molecular flexibility index (Phi) is 6.55. The molecule has 2 aromatic rings. The van der Waals surface area contributed by atoms with E-state index in [-0.39, 0.29) is 17.7 Å². The topological polar surface area (TPSA) is 64.4 Å². The molecule has 1 heterocycles. The third-order valence-corrected chi connectivity index (χ3v) is 4.05. The fourth-order valence-corrected chi connectivity index (χ4v) is 2.68. The van der Waals surface area contributed by atoms with Gasteiger partial charge in [-0.25, -0.2) is 0 Å². The number of aromatic nitrogens is 1. The van der Waals surface area contributed by atoms with Crippen LogP contribution in [-0.4, -0.2) is 24.2 Å². The molecule has 130 valence electrons. The Balaban J connectivity index is 1.73. The average Bonchev–Trinajstić information content (AvgIpc) is 2.91. The van der Waals surface area contributed by atoms with Gasteiger partial charge in [-0.05, 0) is 32.3 Å². The summed E-state index contributed by atoms with van der Waals surface area (Å²) >= 11 is 0. The van der Waals surface area contributed by atoms with Gasteiger partial charge in [0.15, 0.2) is 0 Å². The number of ether oxygens (including phenoxy) is 1. The first-order valence-electron chi connectivity index (χ1n) is 8.31. The molecule has 0 aliphatic heterocycles. The molecule has 0 fully saturated rings. The standard InChI is InChI=1S/C19H26N2O3/c1-13(11-23-12-17-8-6-5-7-9-17)10-20-19(22)14(2)18-15(3)21-24-16(18)4/h5-9,13-14H,10-12H2,1-4H3,(H,20,22)/t13-,14+/m1/s1. The molecule has 1 aromatic heterocycles. The molecule has 5 nitrogen and oxygen atoms in total. The fourth-order valence-electron chi connectivity index (χ4n) is 2.68. The van der Waals surface area contributed by atoms with Crippen molar-refractivity contribution in [1.82, 2.24) is 10.5 Å². The molecule has 0 spiro atoms. The maximum absolute atomic E-state index is 12.3. The molecule has 1 amide bonds.